The molecule has 0 amide bonds. The Morgan fingerprint density at radius 2 is 1.38 bits per heavy atom. The molecule has 2 N–H and O–H groups in total. The lowest BCUT2D eigenvalue weighted by Crippen LogP contribution is -2.25. The van der Waals surface area contributed by atoms with Crippen molar-refractivity contribution in [1.82, 2.24) is 0 Å². The van der Waals surface area contributed by atoms with Gasteiger partial charge in [-0.2, -0.15) is 11.8 Å². The summed E-state index contributed by atoms with van der Waals surface area (Å²) in [5.41, 5.74) is 0. The molecule has 0 fully saturated rings. The lowest BCUT2D eigenvalue weighted by atomic mass is 10.0. The summed E-state index contributed by atoms with van der Waals surface area (Å²) in [6, 6.07) is 0. The predicted molar refractivity (Wildman–Crippen MR) is 139 cm³/mol. The minimum absolute atomic E-state index is 0.133. The van der Waals surface area contributed by atoms with Crippen LogP contribution in [-0.4, -0.2) is 44.8 Å². The van der Waals surface area contributed by atoms with E-state index in [4.69, 9.17) is 14.5 Å². The number of carbonyl (C=O) groups is 1. The van der Waals surface area contributed by atoms with Gasteiger partial charge in [0.2, 0.25) is 0 Å². The van der Waals surface area contributed by atoms with E-state index in [0.29, 0.717) is 12.2 Å². The van der Waals surface area contributed by atoms with Crippen LogP contribution in [0.4, 0.5) is 0 Å². The summed E-state index contributed by atoms with van der Waals surface area (Å²) < 4.78 is 20.6. The van der Waals surface area contributed by atoms with Crippen LogP contribution in [0.1, 0.15) is 110 Å². The number of halogens is 1. The summed E-state index contributed by atoms with van der Waals surface area (Å²) >= 11 is 5.10. The molecule has 2 atom stereocenters. The van der Waals surface area contributed by atoms with Crippen molar-refractivity contribution in [3.8, 4) is 0 Å². The highest BCUT2D eigenvalue weighted by Crippen LogP contribution is 2.36. The number of hydrogen-bond donors (Lipinski definition) is 2. The smallest absolute Gasteiger partial charge is 0.462 e. The van der Waals surface area contributed by atoms with Crippen molar-refractivity contribution in [2.24, 2.45) is 0 Å². The summed E-state index contributed by atoms with van der Waals surface area (Å²) in [4.78, 5) is 28.6. The molecule has 0 aromatic carbocycles. The Balaban J connectivity index is 3.63. The Morgan fingerprint density at radius 3 is 1.81 bits per heavy atom. The first-order valence-corrected chi connectivity index (χ1v) is 15.9. The van der Waals surface area contributed by atoms with Crippen LogP contribution in [0.15, 0.2) is 0 Å². The van der Waals surface area contributed by atoms with E-state index in [0.717, 1.165) is 12.2 Å². The van der Waals surface area contributed by atoms with Gasteiger partial charge in [0, 0.05) is 17.5 Å². The van der Waals surface area contributed by atoms with Gasteiger partial charge in [0.15, 0.2) is 0 Å². The first kappa shape index (κ1) is 32.4. The van der Waals surface area contributed by atoms with Crippen LogP contribution in [0.2, 0.25) is 0 Å². The van der Waals surface area contributed by atoms with Crippen molar-refractivity contribution in [2.75, 3.05) is 18.1 Å². The maximum absolute atomic E-state index is 11.3. The molecule has 32 heavy (non-hydrogen) atoms. The predicted octanol–water partition coefficient (Wildman–Crippen LogP) is 7.40. The lowest BCUT2D eigenvalue weighted by Gasteiger charge is -2.20. The number of phosphoric acid groups is 1. The summed E-state index contributed by atoms with van der Waals surface area (Å²) in [7, 11) is -4.49. The van der Waals surface area contributed by atoms with Gasteiger partial charge in [-0.25, -0.2) is 4.57 Å². The zero-order chi connectivity index (χ0) is 24.1. The van der Waals surface area contributed by atoms with Gasteiger partial charge in [-0.15, -0.1) is 0 Å². The van der Waals surface area contributed by atoms with Crippen molar-refractivity contribution in [3.63, 3.8) is 0 Å². The van der Waals surface area contributed by atoms with E-state index in [9.17, 15) is 9.36 Å². The highest BCUT2D eigenvalue weighted by molar-refractivity contribution is 9.09. The molecular weight excluding hydrogens is 515 g/mol. The molecule has 2 unspecified atom stereocenters. The molecule has 0 aromatic heterocycles. The summed E-state index contributed by atoms with van der Waals surface area (Å²) in [6.45, 7) is 3.51. The molecule has 0 bridgehead atoms. The molecule has 0 saturated carbocycles. The number of phosphoric ester groups is 1. The zero-order valence-corrected chi connectivity index (χ0v) is 23.4. The van der Waals surface area contributed by atoms with Gasteiger partial charge < -0.3 is 14.5 Å². The second-order valence-corrected chi connectivity index (χ2v) is 12.2. The van der Waals surface area contributed by atoms with Crippen LogP contribution in [-0.2, 0) is 18.6 Å². The lowest BCUT2D eigenvalue weighted by molar-refractivity contribution is -0.145. The van der Waals surface area contributed by atoms with Crippen molar-refractivity contribution < 1.29 is 28.4 Å². The zero-order valence-electron chi connectivity index (χ0n) is 20.1. The maximum atomic E-state index is 11.3. The largest absolute Gasteiger partial charge is 0.469 e. The first-order valence-electron chi connectivity index (χ1n) is 12.3. The fraction of sp³-hybridized carbons (Fsp3) is 0.957. The van der Waals surface area contributed by atoms with Crippen molar-refractivity contribution in [2.45, 2.75) is 121 Å². The molecule has 0 spiro atoms. The maximum Gasteiger partial charge on any atom is 0.469 e. The minimum atomic E-state index is -4.49. The van der Waals surface area contributed by atoms with Gasteiger partial charge in [-0.3, -0.25) is 9.32 Å². The van der Waals surface area contributed by atoms with Gasteiger partial charge in [-0.05, 0) is 18.6 Å². The SMILES string of the molecule is CCCCCCCCCCCCCCCCSCC(CC(Br)COP(=O)(O)O)OC(C)=O. The normalized spacial score (nSPS) is 13.8. The van der Waals surface area contributed by atoms with E-state index in [2.05, 4.69) is 27.4 Å². The number of unbranched alkanes of at least 4 members (excludes halogenated alkanes) is 13. The van der Waals surface area contributed by atoms with E-state index in [1.165, 1.54) is 90.4 Å². The number of carbonyl (C=O) groups excluding carboxylic acids is 1. The van der Waals surface area contributed by atoms with Crippen LogP contribution in [0.25, 0.3) is 0 Å². The Bertz CT molecular complexity index is 491. The molecule has 0 radical (unpaired) electrons. The van der Waals surface area contributed by atoms with Gasteiger partial charge >= 0.3 is 13.8 Å². The molecule has 0 heterocycles. The second kappa shape index (κ2) is 21.9. The highest BCUT2D eigenvalue weighted by atomic mass is 79.9. The molecule has 6 nitrogen and oxygen atoms in total. The minimum Gasteiger partial charge on any atom is -0.462 e. The fourth-order valence-corrected chi connectivity index (χ4v) is 5.70. The summed E-state index contributed by atoms with van der Waals surface area (Å²) in [5.74, 6) is 1.36. The van der Waals surface area contributed by atoms with Gasteiger partial charge in [0.1, 0.15) is 6.10 Å². The van der Waals surface area contributed by atoms with Gasteiger partial charge in [0.25, 0.3) is 0 Å². The third-order valence-corrected chi connectivity index (χ3v) is 7.53. The van der Waals surface area contributed by atoms with Gasteiger partial charge in [0.05, 0.1) is 6.61 Å². The Morgan fingerprint density at radius 1 is 0.906 bits per heavy atom. The number of thioether (sulfide) groups is 1. The number of hydrogen-bond acceptors (Lipinski definition) is 5. The highest BCUT2D eigenvalue weighted by Gasteiger charge is 2.21. The molecule has 9 heteroatoms. The molecule has 0 aliphatic heterocycles. The number of rotatable bonds is 23. The molecule has 0 aliphatic carbocycles. The van der Waals surface area contributed by atoms with E-state index in [1.54, 1.807) is 11.8 Å². The quantitative estimate of drug-likeness (QED) is 0.0581. The third-order valence-electron chi connectivity index (χ3n) is 5.22. The molecule has 192 valence electrons. The summed E-state index contributed by atoms with van der Waals surface area (Å²) in [6.07, 6.45) is 19.0. The second-order valence-electron chi connectivity index (χ2n) is 8.52. The average Bonchev–Trinajstić information content (AvgIpc) is 2.71. The molecule has 0 saturated heterocycles. The number of ether oxygens (including phenoxy) is 1. The monoisotopic (exact) mass is 560 g/mol. The van der Waals surface area contributed by atoms with Crippen LogP contribution in [0.5, 0.6) is 0 Å². The van der Waals surface area contributed by atoms with E-state index in [-0.39, 0.29) is 23.5 Å². The Labute approximate surface area is 208 Å². The van der Waals surface area contributed by atoms with Crippen molar-refractivity contribution in [3.05, 3.63) is 0 Å². The van der Waals surface area contributed by atoms with Crippen LogP contribution in [0, 0.1) is 0 Å². The van der Waals surface area contributed by atoms with E-state index < -0.39 is 7.82 Å². The van der Waals surface area contributed by atoms with Crippen LogP contribution < -0.4 is 0 Å². The Kier molecular flexibility index (Phi) is 22.2. The van der Waals surface area contributed by atoms with Gasteiger partial charge in [-0.1, -0.05) is 106 Å². The molecule has 0 aromatic rings. The van der Waals surface area contributed by atoms with E-state index in [1.807, 2.05) is 0 Å². The average molecular weight is 562 g/mol. The standard InChI is InChI=1S/C23H46BrO6PS/c1-3-4-5-6-7-8-9-10-11-12-13-14-15-16-17-32-20-23(30-21(2)25)18-22(24)19-29-31(26,27)28/h22-23H,3-20H2,1-2H3,(H2,26,27,28). The molecular formula is C23H46BrO6PS. The number of esters is 1. The van der Waals surface area contributed by atoms with Crippen molar-refractivity contribution in [1.29, 1.82) is 0 Å². The molecule has 0 aliphatic rings. The first-order chi connectivity index (χ1) is 15.2. The summed E-state index contributed by atoms with van der Waals surface area (Å²) in [5, 5.41) is 0. The van der Waals surface area contributed by atoms with Crippen molar-refractivity contribution >= 4 is 41.5 Å². The third kappa shape index (κ3) is 25.0. The Hall–Kier alpha value is 0.410. The number of alkyl halides is 1. The topological polar surface area (TPSA) is 93.1 Å². The molecule has 0 rings (SSSR count). The van der Waals surface area contributed by atoms with Crippen LogP contribution in [0.3, 0.4) is 0 Å². The van der Waals surface area contributed by atoms with E-state index >= 15 is 0 Å². The fourth-order valence-electron chi connectivity index (χ4n) is 3.53. The van der Waals surface area contributed by atoms with Crippen LogP contribution >= 0.6 is 35.5 Å².